The third kappa shape index (κ3) is 4.51. The van der Waals surface area contributed by atoms with Crippen molar-refractivity contribution >= 4 is 17.0 Å². The molecule has 2 fully saturated rings. The number of piperidine rings is 1. The van der Waals surface area contributed by atoms with Crippen molar-refractivity contribution in [1.82, 2.24) is 24.8 Å². The fourth-order valence-electron chi connectivity index (χ4n) is 5.20. The lowest BCUT2D eigenvalue weighted by atomic mass is 9.81. The van der Waals surface area contributed by atoms with E-state index in [2.05, 4.69) is 53.2 Å². The summed E-state index contributed by atoms with van der Waals surface area (Å²) in [7, 11) is 2.23. The van der Waals surface area contributed by atoms with E-state index in [1.807, 2.05) is 6.20 Å². The monoisotopic (exact) mass is 432 g/mol. The largest absolute Gasteiger partial charge is 0.354 e. The second-order valence-corrected chi connectivity index (χ2v) is 10.00. The molecule has 6 nitrogen and oxygen atoms in total. The van der Waals surface area contributed by atoms with E-state index in [4.69, 9.17) is 9.97 Å². The number of benzene rings is 1. The lowest BCUT2D eigenvalue weighted by Gasteiger charge is -2.29. The van der Waals surface area contributed by atoms with Crippen LogP contribution in [0.4, 0.5) is 5.95 Å². The number of imidazole rings is 1. The first-order valence-corrected chi connectivity index (χ1v) is 12.3. The van der Waals surface area contributed by atoms with Crippen molar-refractivity contribution in [1.29, 1.82) is 0 Å². The summed E-state index contributed by atoms with van der Waals surface area (Å²) in [5.74, 6) is 3.05. The van der Waals surface area contributed by atoms with E-state index in [0.29, 0.717) is 5.92 Å². The first kappa shape index (κ1) is 21.4. The van der Waals surface area contributed by atoms with Crippen molar-refractivity contribution in [2.24, 2.45) is 5.92 Å². The second kappa shape index (κ2) is 9.18. The number of nitrogens with one attached hydrogen (secondary N) is 2. The normalized spacial score (nSPS) is 18.2. The summed E-state index contributed by atoms with van der Waals surface area (Å²) in [4.78, 5) is 20.6. The van der Waals surface area contributed by atoms with Crippen LogP contribution in [0, 0.1) is 19.8 Å². The number of rotatable bonds is 7. The third-order valence-electron chi connectivity index (χ3n) is 7.40. The molecule has 0 atom stereocenters. The molecule has 170 valence electrons. The van der Waals surface area contributed by atoms with Gasteiger partial charge in [-0.15, -0.1) is 0 Å². The van der Waals surface area contributed by atoms with Gasteiger partial charge < -0.3 is 15.2 Å². The molecule has 1 aliphatic heterocycles. The van der Waals surface area contributed by atoms with Crippen molar-refractivity contribution in [3.63, 3.8) is 0 Å². The molecule has 0 amide bonds. The Balaban J connectivity index is 1.30. The number of H-pyrrole nitrogens is 1. The highest BCUT2D eigenvalue weighted by Crippen LogP contribution is 2.40. The van der Waals surface area contributed by atoms with Crippen LogP contribution in [-0.2, 0) is 0 Å². The van der Waals surface area contributed by atoms with Gasteiger partial charge in [-0.3, -0.25) is 0 Å². The third-order valence-corrected chi connectivity index (χ3v) is 7.40. The maximum absolute atomic E-state index is 4.99. The average molecular weight is 433 g/mol. The molecule has 3 aromatic rings. The molecular formula is C26H36N6. The Morgan fingerprint density at radius 1 is 1.09 bits per heavy atom. The van der Waals surface area contributed by atoms with E-state index >= 15 is 0 Å². The van der Waals surface area contributed by atoms with Crippen LogP contribution >= 0.6 is 0 Å². The summed E-state index contributed by atoms with van der Waals surface area (Å²) in [5.41, 5.74) is 6.80. The van der Waals surface area contributed by atoms with Crippen LogP contribution in [0.5, 0.6) is 0 Å². The molecule has 2 aliphatic rings. The zero-order valence-corrected chi connectivity index (χ0v) is 19.7. The lowest BCUT2D eigenvalue weighted by molar-refractivity contribution is 0.211. The maximum atomic E-state index is 4.99. The molecule has 0 bridgehead atoms. The van der Waals surface area contributed by atoms with Crippen LogP contribution in [0.15, 0.2) is 18.3 Å². The number of aromatic amines is 1. The van der Waals surface area contributed by atoms with Crippen LogP contribution < -0.4 is 5.32 Å². The quantitative estimate of drug-likeness (QED) is 0.487. The molecule has 0 radical (unpaired) electrons. The van der Waals surface area contributed by atoms with E-state index in [9.17, 15) is 0 Å². The van der Waals surface area contributed by atoms with Crippen LogP contribution in [0.25, 0.3) is 22.4 Å². The van der Waals surface area contributed by atoms with Gasteiger partial charge in [0.15, 0.2) is 0 Å². The van der Waals surface area contributed by atoms with E-state index in [1.54, 1.807) is 0 Å². The Morgan fingerprint density at radius 2 is 1.91 bits per heavy atom. The number of nitrogens with zero attached hydrogens (tertiary/aromatic N) is 4. The first-order valence-electron chi connectivity index (χ1n) is 12.3. The Bertz CT molecular complexity index is 1080. The van der Waals surface area contributed by atoms with Crippen molar-refractivity contribution < 1.29 is 0 Å². The van der Waals surface area contributed by atoms with Crippen LogP contribution in [-0.4, -0.2) is 51.5 Å². The zero-order valence-electron chi connectivity index (χ0n) is 19.7. The molecule has 6 heteroatoms. The fourth-order valence-corrected chi connectivity index (χ4v) is 5.20. The van der Waals surface area contributed by atoms with Crippen LogP contribution in [0.2, 0.25) is 0 Å². The highest BCUT2D eigenvalue weighted by molar-refractivity contribution is 5.83. The molecular weight excluding hydrogens is 396 g/mol. The van der Waals surface area contributed by atoms with E-state index in [1.165, 1.54) is 69.2 Å². The highest BCUT2D eigenvalue weighted by atomic mass is 15.1. The number of hydrogen-bond donors (Lipinski definition) is 2. The summed E-state index contributed by atoms with van der Waals surface area (Å²) in [6.07, 6.45) is 10.8. The second-order valence-electron chi connectivity index (χ2n) is 10.00. The Labute approximate surface area is 191 Å². The highest BCUT2D eigenvalue weighted by Gasteiger charge is 2.26. The lowest BCUT2D eigenvalue weighted by Crippen LogP contribution is -2.30. The predicted octanol–water partition coefficient (Wildman–Crippen LogP) is 5.44. The molecule has 0 unspecified atom stereocenters. The van der Waals surface area contributed by atoms with Gasteiger partial charge in [0.05, 0.1) is 22.3 Å². The van der Waals surface area contributed by atoms with Gasteiger partial charge >= 0.3 is 0 Å². The predicted molar refractivity (Wildman–Crippen MR) is 131 cm³/mol. The number of likely N-dealkylation sites (tertiary alicyclic amines) is 1. The standard InChI is InChI=1S/C26H36N6/c1-17-14-18(2)23-22(15-17)29-25(30-23)21-16-28-26(31-24(21)20-7-4-8-20)27-11-5-6-19-9-12-32(3)13-10-19/h14-16,19-20H,4-13H2,1-3H3,(H,29,30)(H,27,28,31). The maximum Gasteiger partial charge on any atom is 0.222 e. The number of aryl methyl sites for hydroxylation is 2. The van der Waals surface area contributed by atoms with Crippen molar-refractivity contribution in [3.8, 4) is 11.4 Å². The van der Waals surface area contributed by atoms with E-state index < -0.39 is 0 Å². The molecule has 2 aromatic heterocycles. The van der Waals surface area contributed by atoms with Gasteiger partial charge in [-0.1, -0.05) is 12.5 Å². The average Bonchev–Trinajstić information content (AvgIpc) is 3.16. The van der Waals surface area contributed by atoms with Crippen molar-refractivity contribution in [2.75, 3.05) is 32.0 Å². The molecule has 1 saturated heterocycles. The molecule has 32 heavy (non-hydrogen) atoms. The van der Waals surface area contributed by atoms with E-state index in [0.717, 1.165) is 46.5 Å². The molecule has 5 rings (SSSR count). The summed E-state index contributed by atoms with van der Waals surface area (Å²) < 4.78 is 0. The SMILES string of the molecule is Cc1cc(C)c2nc(-c3cnc(NCCCC4CCN(C)CC4)nc3C3CCC3)[nH]c2c1. The van der Waals surface area contributed by atoms with Gasteiger partial charge in [0, 0.05) is 18.7 Å². The number of anilines is 1. The molecule has 1 aromatic carbocycles. The molecule has 1 aliphatic carbocycles. The van der Waals surface area contributed by atoms with Crippen LogP contribution in [0.3, 0.4) is 0 Å². The molecule has 2 N–H and O–H groups in total. The number of fused-ring (bicyclic) bond motifs is 1. The topological polar surface area (TPSA) is 69.7 Å². The minimum absolute atomic E-state index is 0.517. The first-order chi connectivity index (χ1) is 15.6. The summed E-state index contributed by atoms with van der Waals surface area (Å²) in [5, 5.41) is 3.50. The van der Waals surface area contributed by atoms with Gasteiger partial charge in [0.1, 0.15) is 5.82 Å². The Morgan fingerprint density at radius 3 is 2.66 bits per heavy atom. The summed E-state index contributed by atoms with van der Waals surface area (Å²) >= 11 is 0. The Hall–Kier alpha value is -2.47. The zero-order chi connectivity index (χ0) is 22.1. The van der Waals surface area contributed by atoms with E-state index in [-0.39, 0.29) is 0 Å². The van der Waals surface area contributed by atoms with Gasteiger partial charge in [-0.05, 0) is 95.6 Å². The minimum Gasteiger partial charge on any atom is -0.354 e. The van der Waals surface area contributed by atoms with Gasteiger partial charge in [-0.25, -0.2) is 15.0 Å². The minimum atomic E-state index is 0.517. The summed E-state index contributed by atoms with van der Waals surface area (Å²) in [6.45, 7) is 7.69. The number of aromatic nitrogens is 4. The molecule has 0 spiro atoms. The van der Waals surface area contributed by atoms with Crippen LogP contribution in [0.1, 0.15) is 67.7 Å². The number of hydrogen-bond acceptors (Lipinski definition) is 5. The molecule has 1 saturated carbocycles. The van der Waals surface area contributed by atoms with Crippen molar-refractivity contribution in [2.45, 2.75) is 64.7 Å². The van der Waals surface area contributed by atoms with Gasteiger partial charge in [-0.2, -0.15) is 0 Å². The molecule has 3 heterocycles. The van der Waals surface area contributed by atoms with Crippen molar-refractivity contribution in [3.05, 3.63) is 35.2 Å². The van der Waals surface area contributed by atoms with Gasteiger partial charge in [0.2, 0.25) is 5.95 Å². The smallest absolute Gasteiger partial charge is 0.222 e. The van der Waals surface area contributed by atoms with Gasteiger partial charge in [0.25, 0.3) is 0 Å². The fraction of sp³-hybridized carbons (Fsp3) is 0.577. The Kier molecular flexibility index (Phi) is 6.13. The summed E-state index contributed by atoms with van der Waals surface area (Å²) in [6, 6.07) is 4.36.